The van der Waals surface area contributed by atoms with Crippen LogP contribution in [0.5, 0.6) is 11.5 Å². The average molecular weight is 283 g/mol. The molecule has 0 radical (unpaired) electrons. The van der Waals surface area contributed by atoms with Crippen molar-refractivity contribution in [2.45, 2.75) is 19.6 Å². The van der Waals surface area contributed by atoms with Crippen molar-refractivity contribution in [1.82, 2.24) is 0 Å². The summed E-state index contributed by atoms with van der Waals surface area (Å²) in [6.45, 7) is 4.77. The Hall–Kier alpha value is -2.26. The summed E-state index contributed by atoms with van der Waals surface area (Å²) in [5.74, 6) is 1.48. The SMILES string of the molecule is C=CCc1cc(CN)cc(OC)c1OCc1ccccc1. The van der Waals surface area contributed by atoms with Crippen LogP contribution in [0.15, 0.2) is 55.1 Å². The van der Waals surface area contributed by atoms with Crippen molar-refractivity contribution in [3.8, 4) is 11.5 Å². The molecule has 3 heteroatoms. The van der Waals surface area contributed by atoms with Gasteiger partial charge in [-0.05, 0) is 23.6 Å². The second-order valence-corrected chi connectivity index (χ2v) is 4.76. The van der Waals surface area contributed by atoms with Crippen molar-refractivity contribution in [2.75, 3.05) is 7.11 Å². The minimum Gasteiger partial charge on any atom is -0.493 e. The van der Waals surface area contributed by atoms with Crippen molar-refractivity contribution in [3.63, 3.8) is 0 Å². The molecule has 0 heterocycles. The predicted octanol–water partition coefficient (Wildman–Crippen LogP) is 3.46. The monoisotopic (exact) mass is 283 g/mol. The second-order valence-electron chi connectivity index (χ2n) is 4.76. The highest BCUT2D eigenvalue weighted by Crippen LogP contribution is 2.34. The van der Waals surface area contributed by atoms with Crippen molar-refractivity contribution in [2.24, 2.45) is 5.73 Å². The number of hydrogen-bond donors (Lipinski definition) is 1. The van der Waals surface area contributed by atoms with Crippen LogP contribution in [-0.4, -0.2) is 7.11 Å². The van der Waals surface area contributed by atoms with Gasteiger partial charge in [0.25, 0.3) is 0 Å². The standard InChI is InChI=1S/C18H21NO2/c1-3-7-16-10-15(12-19)11-17(20-2)18(16)21-13-14-8-5-4-6-9-14/h3-6,8-11H,1,7,12-13,19H2,2H3. The molecule has 2 aromatic rings. The lowest BCUT2D eigenvalue weighted by atomic mass is 10.1. The highest BCUT2D eigenvalue weighted by molar-refractivity contribution is 5.50. The van der Waals surface area contributed by atoms with Crippen molar-refractivity contribution >= 4 is 0 Å². The Kier molecular flexibility index (Phi) is 5.41. The number of benzene rings is 2. The van der Waals surface area contributed by atoms with E-state index in [1.807, 2.05) is 48.5 Å². The largest absolute Gasteiger partial charge is 0.493 e. The Bertz CT molecular complexity index is 594. The van der Waals surface area contributed by atoms with Gasteiger partial charge in [-0.15, -0.1) is 6.58 Å². The number of hydrogen-bond acceptors (Lipinski definition) is 3. The molecule has 0 atom stereocenters. The van der Waals surface area contributed by atoms with Crippen LogP contribution in [0.4, 0.5) is 0 Å². The molecular weight excluding hydrogens is 262 g/mol. The zero-order valence-corrected chi connectivity index (χ0v) is 12.3. The number of allylic oxidation sites excluding steroid dienone is 1. The van der Waals surface area contributed by atoms with Crippen LogP contribution in [0, 0.1) is 0 Å². The smallest absolute Gasteiger partial charge is 0.165 e. The van der Waals surface area contributed by atoms with E-state index in [2.05, 4.69) is 6.58 Å². The molecule has 0 spiro atoms. The molecule has 2 rings (SSSR count). The summed E-state index contributed by atoms with van der Waals surface area (Å²) in [6, 6.07) is 14.0. The zero-order valence-electron chi connectivity index (χ0n) is 12.3. The number of ether oxygens (including phenoxy) is 2. The second kappa shape index (κ2) is 7.50. The van der Waals surface area contributed by atoms with Crippen LogP contribution < -0.4 is 15.2 Å². The van der Waals surface area contributed by atoms with Gasteiger partial charge in [0.15, 0.2) is 11.5 Å². The first-order valence-electron chi connectivity index (χ1n) is 6.96. The van der Waals surface area contributed by atoms with Gasteiger partial charge in [-0.3, -0.25) is 0 Å². The van der Waals surface area contributed by atoms with Crippen LogP contribution in [0.1, 0.15) is 16.7 Å². The van der Waals surface area contributed by atoms with E-state index in [1.165, 1.54) is 0 Å². The maximum Gasteiger partial charge on any atom is 0.165 e. The van der Waals surface area contributed by atoms with E-state index in [1.54, 1.807) is 7.11 Å². The van der Waals surface area contributed by atoms with Gasteiger partial charge < -0.3 is 15.2 Å². The van der Waals surface area contributed by atoms with E-state index in [0.717, 1.165) is 22.4 Å². The molecule has 3 nitrogen and oxygen atoms in total. The fourth-order valence-corrected chi connectivity index (χ4v) is 2.19. The molecule has 0 aromatic heterocycles. The predicted molar refractivity (Wildman–Crippen MR) is 85.6 cm³/mol. The highest BCUT2D eigenvalue weighted by atomic mass is 16.5. The molecule has 0 bridgehead atoms. The average Bonchev–Trinajstić information content (AvgIpc) is 2.54. The first kappa shape index (κ1) is 15.1. The lowest BCUT2D eigenvalue weighted by molar-refractivity contribution is 0.281. The molecule has 0 aliphatic rings. The van der Waals surface area contributed by atoms with Crippen molar-refractivity contribution < 1.29 is 9.47 Å². The van der Waals surface area contributed by atoms with E-state index in [9.17, 15) is 0 Å². The molecule has 0 amide bonds. The zero-order chi connectivity index (χ0) is 15.1. The van der Waals surface area contributed by atoms with Crippen LogP contribution in [0.2, 0.25) is 0 Å². The van der Waals surface area contributed by atoms with Crippen LogP contribution in [0.25, 0.3) is 0 Å². The Balaban J connectivity index is 2.29. The minimum absolute atomic E-state index is 0.472. The molecule has 2 N–H and O–H groups in total. The van der Waals surface area contributed by atoms with Crippen LogP contribution in [-0.2, 0) is 19.6 Å². The summed E-state index contributed by atoms with van der Waals surface area (Å²) in [5, 5.41) is 0. The van der Waals surface area contributed by atoms with Gasteiger partial charge in [0.05, 0.1) is 7.11 Å². The number of methoxy groups -OCH3 is 1. The number of rotatable bonds is 7. The van der Waals surface area contributed by atoms with Gasteiger partial charge in [0.2, 0.25) is 0 Å². The maximum absolute atomic E-state index is 5.98. The first-order chi connectivity index (χ1) is 10.3. The molecule has 0 saturated carbocycles. The third kappa shape index (κ3) is 3.86. The Labute approximate surface area is 126 Å². The normalized spacial score (nSPS) is 10.2. The van der Waals surface area contributed by atoms with E-state index in [0.29, 0.717) is 25.3 Å². The topological polar surface area (TPSA) is 44.5 Å². The van der Waals surface area contributed by atoms with Crippen LogP contribution in [0.3, 0.4) is 0 Å². The maximum atomic E-state index is 5.98. The summed E-state index contributed by atoms with van der Waals surface area (Å²) in [6.07, 6.45) is 2.57. The van der Waals surface area contributed by atoms with Crippen molar-refractivity contribution in [1.29, 1.82) is 0 Å². The third-order valence-electron chi connectivity index (χ3n) is 3.24. The van der Waals surface area contributed by atoms with Gasteiger partial charge >= 0.3 is 0 Å². The van der Waals surface area contributed by atoms with E-state index in [-0.39, 0.29) is 0 Å². The van der Waals surface area contributed by atoms with Gasteiger partial charge in [-0.1, -0.05) is 42.5 Å². The Morgan fingerprint density at radius 3 is 2.52 bits per heavy atom. The Morgan fingerprint density at radius 2 is 1.90 bits per heavy atom. The summed E-state index contributed by atoms with van der Waals surface area (Å²) in [4.78, 5) is 0. The van der Waals surface area contributed by atoms with E-state index < -0.39 is 0 Å². The van der Waals surface area contributed by atoms with Gasteiger partial charge in [0, 0.05) is 12.1 Å². The highest BCUT2D eigenvalue weighted by Gasteiger charge is 2.12. The molecule has 0 aliphatic carbocycles. The van der Waals surface area contributed by atoms with Crippen LogP contribution >= 0.6 is 0 Å². The summed E-state index contributed by atoms with van der Waals surface area (Å²) >= 11 is 0. The lowest BCUT2D eigenvalue weighted by Crippen LogP contribution is -2.04. The fourth-order valence-electron chi connectivity index (χ4n) is 2.19. The molecular formula is C18H21NO2. The van der Waals surface area contributed by atoms with Gasteiger partial charge in [0.1, 0.15) is 6.61 Å². The van der Waals surface area contributed by atoms with Gasteiger partial charge in [-0.25, -0.2) is 0 Å². The Morgan fingerprint density at radius 1 is 1.14 bits per heavy atom. The number of nitrogens with two attached hydrogens (primary N) is 1. The molecule has 0 fully saturated rings. The molecule has 110 valence electrons. The van der Waals surface area contributed by atoms with E-state index in [4.69, 9.17) is 15.2 Å². The molecule has 2 aromatic carbocycles. The molecule has 0 aliphatic heterocycles. The van der Waals surface area contributed by atoms with Gasteiger partial charge in [-0.2, -0.15) is 0 Å². The quantitative estimate of drug-likeness (QED) is 0.791. The fraction of sp³-hybridized carbons (Fsp3) is 0.222. The minimum atomic E-state index is 0.472. The summed E-state index contributed by atoms with van der Waals surface area (Å²) in [5.41, 5.74) is 8.92. The summed E-state index contributed by atoms with van der Waals surface area (Å²) < 4.78 is 11.4. The molecule has 0 saturated heterocycles. The molecule has 0 unspecified atom stereocenters. The van der Waals surface area contributed by atoms with Crippen molar-refractivity contribution in [3.05, 3.63) is 71.8 Å². The molecule has 21 heavy (non-hydrogen) atoms. The summed E-state index contributed by atoms with van der Waals surface area (Å²) in [7, 11) is 1.64. The van der Waals surface area contributed by atoms with E-state index >= 15 is 0 Å². The lowest BCUT2D eigenvalue weighted by Gasteiger charge is -2.16. The first-order valence-corrected chi connectivity index (χ1v) is 6.96. The third-order valence-corrected chi connectivity index (χ3v) is 3.24.